The third-order valence-corrected chi connectivity index (χ3v) is 6.35. The number of thiazole rings is 1. The first kappa shape index (κ1) is 17.8. The summed E-state index contributed by atoms with van der Waals surface area (Å²) in [4.78, 5) is 34.9. The molecule has 1 aliphatic heterocycles. The SMILES string of the molecule is CN1C(=O)CN(Cc2ccccc2)C(=O)c2sc(Sc3ccccc3)nc21. The van der Waals surface area contributed by atoms with Crippen LogP contribution in [0.3, 0.4) is 0 Å². The Hall–Kier alpha value is -2.64. The first-order valence-electron chi connectivity index (χ1n) is 8.45. The summed E-state index contributed by atoms with van der Waals surface area (Å²) < 4.78 is 0.751. The number of benzene rings is 2. The number of aromatic nitrogens is 1. The van der Waals surface area contributed by atoms with Gasteiger partial charge in [0, 0.05) is 18.5 Å². The van der Waals surface area contributed by atoms with Crippen molar-refractivity contribution in [1.29, 1.82) is 0 Å². The molecule has 27 heavy (non-hydrogen) atoms. The van der Waals surface area contributed by atoms with Gasteiger partial charge in [0.25, 0.3) is 5.91 Å². The third-order valence-electron chi connectivity index (χ3n) is 4.25. The van der Waals surface area contributed by atoms with E-state index < -0.39 is 0 Å². The monoisotopic (exact) mass is 395 g/mol. The fourth-order valence-electron chi connectivity index (χ4n) is 2.83. The van der Waals surface area contributed by atoms with E-state index in [4.69, 9.17) is 0 Å². The fourth-order valence-corrected chi connectivity index (χ4v) is 4.96. The molecule has 0 unspecified atom stereocenters. The van der Waals surface area contributed by atoms with Crippen molar-refractivity contribution in [2.45, 2.75) is 15.8 Å². The van der Waals surface area contributed by atoms with Gasteiger partial charge >= 0.3 is 0 Å². The largest absolute Gasteiger partial charge is 0.324 e. The van der Waals surface area contributed by atoms with Gasteiger partial charge < -0.3 is 4.90 Å². The van der Waals surface area contributed by atoms with Crippen LogP contribution in [0.1, 0.15) is 15.2 Å². The number of carbonyl (C=O) groups excluding carboxylic acids is 2. The minimum Gasteiger partial charge on any atom is -0.324 e. The van der Waals surface area contributed by atoms with Crippen LogP contribution in [0.2, 0.25) is 0 Å². The second-order valence-corrected chi connectivity index (χ2v) is 8.47. The average Bonchev–Trinajstić information content (AvgIpc) is 3.08. The van der Waals surface area contributed by atoms with Gasteiger partial charge in [-0.2, -0.15) is 0 Å². The van der Waals surface area contributed by atoms with E-state index in [0.29, 0.717) is 17.2 Å². The fraction of sp³-hybridized carbons (Fsp3) is 0.150. The number of rotatable bonds is 4. The van der Waals surface area contributed by atoms with E-state index in [1.165, 1.54) is 28.0 Å². The van der Waals surface area contributed by atoms with Crippen LogP contribution in [0.25, 0.3) is 0 Å². The van der Waals surface area contributed by atoms with Crippen LogP contribution >= 0.6 is 23.1 Å². The lowest BCUT2D eigenvalue weighted by atomic mass is 10.2. The lowest BCUT2D eigenvalue weighted by Gasteiger charge is -2.20. The van der Waals surface area contributed by atoms with Crippen LogP contribution in [-0.4, -0.2) is 35.3 Å². The molecule has 0 aliphatic carbocycles. The smallest absolute Gasteiger partial charge is 0.268 e. The molecule has 1 aliphatic rings. The molecule has 0 fully saturated rings. The van der Waals surface area contributed by atoms with Gasteiger partial charge in [0.15, 0.2) is 10.2 Å². The Kier molecular flexibility index (Phi) is 4.96. The normalized spacial score (nSPS) is 14.3. The van der Waals surface area contributed by atoms with Gasteiger partial charge in [0.1, 0.15) is 11.4 Å². The number of nitrogens with zero attached hydrogens (tertiary/aromatic N) is 3. The van der Waals surface area contributed by atoms with Crippen molar-refractivity contribution in [1.82, 2.24) is 9.88 Å². The number of likely N-dealkylation sites (N-methyl/N-ethyl adjacent to an activating group) is 1. The van der Waals surface area contributed by atoms with Crippen molar-refractivity contribution in [3.05, 3.63) is 71.1 Å². The molecule has 1 aromatic heterocycles. The maximum Gasteiger partial charge on any atom is 0.268 e. The number of fused-ring (bicyclic) bond motifs is 1. The van der Waals surface area contributed by atoms with Crippen molar-refractivity contribution in [3.8, 4) is 0 Å². The molecule has 0 saturated heterocycles. The molecule has 5 nitrogen and oxygen atoms in total. The molecule has 0 saturated carbocycles. The Bertz CT molecular complexity index is 973. The van der Waals surface area contributed by atoms with E-state index >= 15 is 0 Å². The van der Waals surface area contributed by atoms with E-state index in [1.807, 2.05) is 60.7 Å². The molecule has 2 heterocycles. The van der Waals surface area contributed by atoms with E-state index in [2.05, 4.69) is 4.98 Å². The van der Waals surface area contributed by atoms with Crippen LogP contribution in [0, 0.1) is 0 Å². The van der Waals surface area contributed by atoms with E-state index in [1.54, 1.807) is 11.9 Å². The summed E-state index contributed by atoms with van der Waals surface area (Å²) in [7, 11) is 1.68. The highest BCUT2D eigenvalue weighted by molar-refractivity contribution is 8.01. The van der Waals surface area contributed by atoms with Crippen LogP contribution in [0.5, 0.6) is 0 Å². The quantitative estimate of drug-likeness (QED) is 0.672. The Morgan fingerprint density at radius 2 is 1.70 bits per heavy atom. The predicted molar refractivity (Wildman–Crippen MR) is 107 cm³/mol. The molecule has 2 amide bonds. The third kappa shape index (κ3) is 3.74. The molecule has 0 bridgehead atoms. The predicted octanol–water partition coefficient (Wildman–Crippen LogP) is 3.91. The average molecular weight is 396 g/mol. The molecular weight excluding hydrogens is 378 g/mol. The van der Waals surface area contributed by atoms with E-state index in [0.717, 1.165) is 14.8 Å². The van der Waals surface area contributed by atoms with Gasteiger partial charge in [-0.1, -0.05) is 71.6 Å². The summed E-state index contributed by atoms with van der Waals surface area (Å²) >= 11 is 2.84. The summed E-state index contributed by atoms with van der Waals surface area (Å²) in [6.07, 6.45) is 0. The summed E-state index contributed by atoms with van der Waals surface area (Å²) in [6, 6.07) is 19.6. The number of amides is 2. The molecular formula is C20H17N3O2S2. The van der Waals surface area contributed by atoms with Gasteiger partial charge in [0.05, 0.1) is 0 Å². The summed E-state index contributed by atoms with van der Waals surface area (Å²) in [5, 5.41) is 0. The van der Waals surface area contributed by atoms with Crippen molar-refractivity contribution in [3.63, 3.8) is 0 Å². The van der Waals surface area contributed by atoms with Crippen LogP contribution in [-0.2, 0) is 11.3 Å². The molecule has 0 radical (unpaired) electrons. The molecule has 7 heteroatoms. The summed E-state index contributed by atoms with van der Waals surface area (Å²) in [5.41, 5.74) is 0.994. The van der Waals surface area contributed by atoms with Gasteiger partial charge in [-0.25, -0.2) is 4.98 Å². The van der Waals surface area contributed by atoms with Gasteiger partial charge in [-0.05, 0) is 17.7 Å². The van der Waals surface area contributed by atoms with Crippen molar-refractivity contribution >= 4 is 40.7 Å². The van der Waals surface area contributed by atoms with Crippen molar-refractivity contribution in [2.75, 3.05) is 18.5 Å². The Morgan fingerprint density at radius 1 is 1.04 bits per heavy atom. The van der Waals surface area contributed by atoms with Gasteiger partial charge in [-0.3, -0.25) is 14.5 Å². The Morgan fingerprint density at radius 3 is 2.41 bits per heavy atom. The van der Waals surface area contributed by atoms with Gasteiger partial charge in [-0.15, -0.1) is 0 Å². The molecule has 4 rings (SSSR count). The number of carbonyl (C=O) groups is 2. The molecule has 0 spiro atoms. The Balaban J connectivity index is 1.65. The standard InChI is InChI=1S/C20H17N3O2S2/c1-22-16(24)13-23(12-14-8-4-2-5-9-14)19(25)17-18(22)21-20(27-17)26-15-10-6-3-7-11-15/h2-11H,12-13H2,1H3. The zero-order chi connectivity index (χ0) is 18.8. The second kappa shape index (κ2) is 7.54. The highest BCUT2D eigenvalue weighted by Gasteiger charge is 2.33. The first-order chi connectivity index (χ1) is 13.1. The first-order valence-corrected chi connectivity index (χ1v) is 10.1. The van der Waals surface area contributed by atoms with Crippen molar-refractivity contribution in [2.24, 2.45) is 0 Å². The molecule has 0 atom stereocenters. The highest BCUT2D eigenvalue weighted by Crippen LogP contribution is 2.38. The maximum atomic E-state index is 13.1. The van der Waals surface area contributed by atoms with E-state index in [9.17, 15) is 9.59 Å². The topological polar surface area (TPSA) is 53.5 Å². The zero-order valence-corrected chi connectivity index (χ0v) is 16.3. The second-order valence-electron chi connectivity index (χ2n) is 6.15. The maximum absolute atomic E-state index is 13.1. The van der Waals surface area contributed by atoms with Crippen LogP contribution in [0.4, 0.5) is 5.82 Å². The Labute approximate surface area is 165 Å². The van der Waals surface area contributed by atoms with Crippen molar-refractivity contribution < 1.29 is 9.59 Å². The number of hydrogen-bond donors (Lipinski definition) is 0. The molecule has 0 N–H and O–H groups in total. The van der Waals surface area contributed by atoms with Crippen LogP contribution in [0.15, 0.2) is 69.9 Å². The highest BCUT2D eigenvalue weighted by atomic mass is 32.2. The minimum absolute atomic E-state index is 0.0501. The number of anilines is 1. The summed E-state index contributed by atoms with van der Waals surface area (Å²) in [6.45, 7) is 0.451. The zero-order valence-electron chi connectivity index (χ0n) is 14.7. The lowest BCUT2D eigenvalue weighted by molar-refractivity contribution is -0.119. The molecule has 2 aromatic carbocycles. The van der Waals surface area contributed by atoms with Crippen LogP contribution < -0.4 is 4.90 Å². The lowest BCUT2D eigenvalue weighted by Crippen LogP contribution is -2.37. The van der Waals surface area contributed by atoms with E-state index in [-0.39, 0.29) is 18.4 Å². The molecule has 136 valence electrons. The number of hydrogen-bond acceptors (Lipinski definition) is 5. The summed E-state index contributed by atoms with van der Waals surface area (Å²) in [5.74, 6) is 0.160. The van der Waals surface area contributed by atoms with Gasteiger partial charge in [0.2, 0.25) is 5.91 Å². The molecule has 3 aromatic rings. The minimum atomic E-state index is -0.149.